The van der Waals surface area contributed by atoms with Crippen molar-refractivity contribution in [1.29, 1.82) is 0 Å². The van der Waals surface area contributed by atoms with Gasteiger partial charge < -0.3 is 164 Å². The molecule has 8 aliphatic rings. The third-order valence-corrected chi connectivity index (χ3v) is 28.0. The van der Waals surface area contributed by atoms with E-state index in [-0.39, 0.29) is 217 Å². The van der Waals surface area contributed by atoms with Crippen molar-refractivity contribution >= 4 is 59.1 Å². The van der Waals surface area contributed by atoms with Gasteiger partial charge in [-0.15, -0.1) is 10.2 Å². The molecule has 2 aromatic heterocycles. The molecule has 812 valence electrons. The summed E-state index contributed by atoms with van der Waals surface area (Å²) < 4.78 is 95.0. The Morgan fingerprint density at radius 2 is 0.776 bits per heavy atom. The zero-order valence-electron chi connectivity index (χ0n) is 81.9. The second kappa shape index (κ2) is 60.1. The number of aliphatic hydroxyl groups excluding tert-OH is 10. The van der Waals surface area contributed by atoms with Crippen molar-refractivity contribution in [2.24, 2.45) is 35.5 Å². The minimum Gasteiger partial charge on any atom is -0.481 e. The Morgan fingerprint density at radius 3 is 1.12 bits per heavy atom. The van der Waals surface area contributed by atoms with Gasteiger partial charge in [-0.25, -0.2) is 19.0 Å². The van der Waals surface area contributed by atoms with Crippen molar-refractivity contribution in [3.63, 3.8) is 0 Å². The lowest BCUT2D eigenvalue weighted by Crippen LogP contribution is -2.67. The Balaban J connectivity index is 0.691. The van der Waals surface area contributed by atoms with Crippen LogP contribution in [0.5, 0.6) is 0 Å². The lowest BCUT2D eigenvalue weighted by Gasteiger charge is -2.49. The van der Waals surface area contributed by atoms with E-state index in [4.69, 9.17) is 81.3 Å². The number of hydrogen-bond acceptors (Lipinski definition) is 39. The standard InChI is InChI=1S/C94H152N10O39/c1-5-55-39-57(61(107)21-15-27-95-69(109)23-13-25-73(113)114)41-63(85(55)142-93-83(123)81(121)77(117)51(3)134-93)138-91-75(87(79(119)67(47-105)140-91)136-65(89(125)126)37-53-17-9-7-10-18-53)97-71(111)45-103-43-59(99-101-103)49-132-35-33-130-31-29-129-30-32-131-34-36-133-50-60-44-104(102-100-60)46-72(112)98-76-88(137-66(90(127)128)38-54-19-11-8-12-20-54)80(120)68(48-106)141-92(76)139-64-42-58(62(108)22-16-28-96-70(110)24-14-26-74(115)116)40-56(6-2)86(64)143-94-84(124)82(122)78(118)52(4)135-94/h43-44,51-58,63-68,75-88,91-94,105-106,117-124H,5-42,45-50H2,1-4H3,(H,95,109)(H,96,110)(H,97,111)(H,98,112)(H,113,114)(H,115,116)(H,125,126)(H,127,128)/t51?,52?,55-,56-,57?,58?,63-,64-,65+,66+,67+,68+,75?,76?,77-,78-,79+,80+,81+,82+,83?,84?,85?,86?,87?,88?,91-,92-,93+,94+/m1/s1. The molecule has 30 atom stereocenters. The summed E-state index contributed by atoms with van der Waals surface area (Å²) in [6.45, 7) is 5.29. The topological polar surface area (TPSA) is 702 Å². The molecule has 2 aromatic rings. The maximum Gasteiger partial charge on any atom is 0.332 e. The van der Waals surface area contributed by atoms with E-state index in [0.29, 0.717) is 24.2 Å². The molecule has 4 saturated heterocycles. The molecular weight excluding hydrogens is 1890 g/mol. The smallest absolute Gasteiger partial charge is 0.332 e. The number of carbonyl (C=O) groups is 10. The Hall–Kier alpha value is -7.62. The molecule has 49 heteroatoms. The number of aliphatic carboxylic acids is 4. The number of carbonyl (C=O) groups excluding carboxylic acids is 6. The second-order valence-corrected chi connectivity index (χ2v) is 38.6. The highest BCUT2D eigenvalue weighted by molar-refractivity contribution is 5.82. The molecule has 4 aliphatic carbocycles. The van der Waals surface area contributed by atoms with Crippen molar-refractivity contribution < 1.29 is 190 Å². The van der Waals surface area contributed by atoms with Crippen LogP contribution in [0.3, 0.4) is 0 Å². The highest BCUT2D eigenvalue weighted by Gasteiger charge is 2.57. The normalized spacial score (nSPS) is 31.9. The number of ether oxygens (including phenoxy) is 15. The predicted octanol–water partition coefficient (Wildman–Crippen LogP) is -1.09. The number of aliphatic hydroxyl groups is 10. The van der Waals surface area contributed by atoms with Crippen LogP contribution in [-0.2, 0) is 145 Å². The summed E-state index contributed by atoms with van der Waals surface area (Å²) in [5.74, 6) is -10.2. The van der Waals surface area contributed by atoms with E-state index < -0.39 is 245 Å². The molecular formula is C94H152N10O39. The summed E-state index contributed by atoms with van der Waals surface area (Å²) in [7, 11) is 0. The SMILES string of the molecule is CC[C@@H]1CC(C(=O)CCCNC(=O)CCCC(=O)O)C[C@@H](O[C@@H]2O[C@@H](CO)[C@H](O)C(O[C@@H](CC3CCCCC3)C(=O)O)C2NC(=O)Cn2cc(COCCOCCOCCOCCOCc3cn(CC(=O)NC4C(O[C@@H](CC5CCCCC5)C(=O)O)[C@@H](O)[C@H](CO)O[C@H]4O[C@@H]4CC(C(=O)CCCNC(=O)CCCC(=O)O)C[C@@H](CC)C4O[C@@H]4OC(C)[C@@H](O)[C@H](O)C4O)nn3)nn2)C1O[C@@H]1OC(C)[C@@H](O)[C@H](O)C1O. The van der Waals surface area contributed by atoms with Gasteiger partial charge in [0.25, 0.3) is 0 Å². The van der Waals surface area contributed by atoms with E-state index in [1.807, 2.05) is 13.8 Å². The number of rotatable bonds is 62. The average molecular weight is 2050 g/mol. The molecule has 0 radical (unpaired) electrons. The van der Waals surface area contributed by atoms with Crippen molar-refractivity contribution in [2.45, 2.75) is 393 Å². The summed E-state index contributed by atoms with van der Waals surface area (Å²) in [5, 5.41) is 178. The van der Waals surface area contributed by atoms with Gasteiger partial charge >= 0.3 is 23.9 Å². The van der Waals surface area contributed by atoms with Crippen LogP contribution >= 0.6 is 0 Å². The molecule has 4 aliphatic heterocycles. The first kappa shape index (κ1) is 117. The summed E-state index contributed by atoms with van der Waals surface area (Å²) >= 11 is 0. The molecule has 0 bridgehead atoms. The predicted molar refractivity (Wildman–Crippen MR) is 489 cm³/mol. The average Bonchev–Trinajstić information content (AvgIpc) is 1.02. The summed E-state index contributed by atoms with van der Waals surface area (Å²) in [4.78, 5) is 131. The number of nitrogens with zero attached hydrogens (tertiary/aromatic N) is 6. The van der Waals surface area contributed by atoms with Crippen molar-refractivity contribution in [2.75, 3.05) is 79.2 Å². The molecule has 0 spiro atoms. The molecule has 18 N–H and O–H groups in total. The zero-order valence-corrected chi connectivity index (χ0v) is 81.9. The lowest BCUT2D eigenvalue weighted by molar-refractivity contribution is -0.338. The van der Waals surface area contributed by atoms with E-state index in [1.54, 1.807) is 0 Å². The van der Waals surface area contributed by atoms with Crippen LogP contribution in [0.1, 0.15) is 219 Å². The molecule has 12 unspecified atom stereocenters. The fourth-order valence-electron chi connectivity index (χ4n) is 20.0. The Kier molecular flexibility index (Phi) is 49.3. The first-order valence-corrected chi connectivity index (χ1v) is 50.6. The summed E-state index contributed by atoms with van der Waals surface area (Å²) in [6, 6.07) is -3.13. The second-order valence-electron chi connectivity index (χ2n) is 38.6. The number of nitrogens with one attached hydrogen (secondary N) is 4. The number of aromatic nitrogens is 6. The zero-order chi connectivity index (χ0) is 103. The van der Waals surface area contributed by atoms with Gasteiger partial charge in [0.05, 0.1) is 128 Å². The van der Waals surface area contributed by atoms with Gasteiger partial charge in [-0.3, -0.25) is 38.4 Å². The molecule has 4 amide bonds. The van der Waals surface area contributed by atoms with Crippen LogP contribution in [0.25, 0.3) is 0 Å². The summed E-state index contributed by atoms with van der Waals surface area (Å²) in [5.41, 5.74) is 0.622. The van der Waals surface area contributed by atoms with Gasteiger partial charge in [0.2, 0.25) is 23.6 Å². The van der Waals surface area contributed by atoms with E-state index in [2.05, 4.69) is 41.9 Å². The number of carboxylic acid groups (broad SMARTS) is 4. The molecule has 143 heavy (non-hydrogen) atoms. The molecule has 49 nitrogen and oxygen atoms in total. The minimum absolute atomic E-state index is 0.00117. The number of ketones is 2. The monoisotopic (exact) mass is 2050 g/mol. The highest BCUT2D eigenvalue weighted by Crippen LogP contribution is 2.44. The fraction of sp³-hybridized carbons (Fsp3) is 0.851. The molecule has 6 heterocycles. The third kappa shape index (κ3) is 36.4. The van der Waals surface area contributed by atoms with Gasteiger partial charge in [0.1, 0.15) is 121 Å². The number of Topliss-reactive ketones (excluding diaryl/α,β-unsaturated/α-hetero) is 2. The number of carboxylic acids is 4. The maximum absolute atomic E-state index is 14.5. The van der Waals surface area contributed by atoms with Crippen molar-refractivity contribution in [1.82, 2.24) is 51.3 Å². The Morgan fingerprint density at radius 1 is 0.413 bits per heavy atom. The van der Waals surface area contributed by atoms with Crippen LogP contribution < -0.4 is 21.3 Å². The van der Waals surface area contributed by atoms with Gasteiger partial charge in [-0.05, 0) is 102 Å². The molecule has 0 aromatic carbocycles. The first-order chi connectivity index (χ1) is 68.6. The van der Waals surface area contributed by atoms with Crippen LogP contribution in [-0.4, -0.2) is 399 Å². The molecule has 4 saturated carbocycles. The van der Waals surface area contributed by atoms with Crippen molar-refractivity contribution in [3.05, 3.63) is 23.8 Å². The van der Waals surface area contributed by atoms with Crippen LogP contribution in [0.15, 0.2) is 12.4 Å². The Bertz CT molecular complexity index is 3950. The van der Waals surface area contributed by atoms with E-state index >= 15 is 0 Å². The first-order valence-electron chi connectivity index (χ1n) is 50.6. The molecule has 10 rings (SSSR count). The largest absolute Gasteiger partial charge is 0.481 e. The van der Waals surface area contributed by atoms with Crippen molar-refractivity contribution in [3.8, 4) is 0 Å². The third-order valence-electron chi connectivity index (χ3n) is 28.0. The van der Waals surface area contributed by atoms with Gasteiger partial charge in [0.15, 0.2) is 37.4 Å². The van der Waals surface area contributed by atoms with Gasteiger partial charge in [0, 0.05) is 63.5 Å². The van der Waals surface area contributed by atoms with E-state index in [1.165, 1.54) is 35.6 Å². The lowest BCUT2D eigenvalue weighted by atomic mass is 9.74. The Labute approximate surface area is 829 Å². The van der Waals surface area contributed by atoms with Crippen LogP contribution in [0.4, 0.5) is 0 Å². The summed E-state index contributed by atoms with van der Waals surface area (Å²) in [6.07, 6.45) is -23.4. The molecule has 8 fully saturated rings. The minimum atomic E-state index is -1.78. The van der Waals surface area contributed by atoms with E-state index in [9.17, 15) is 109 Å². The van der Waals surface area contributed by atoms with E-state index in [0.717, 1.165) is 64.2 Å². The number of amides is 4. The van der Waals surface area contributed by atoms with Crippen LogP contribution in [0, 0.1) is 35.5 Å². The quantitative estimate of drug-likeness (QED) is 0.0350. The fourth-order valence-corrected chi connectivity index (χ4v) is 20.0. The maximum atomic E-state index is 14.5. The van der Waals surface area contributed by atoms with Gasteiger partial charge in [-0.1, -0.05) is 101 Å². The van der Waals surface area contributed by atoms with Crippen LogP contribution in [0.2, 0.25) is 0 Å². The number of hydrogen-bond donors (Lipinski definition) is 18. The van der Waals surface area contributed by atoms with Gasteiger partial charge in [-0.2, -0.15) is 0 Å². The highest BCUT2D eigenvalue weighted by atomic mass is 16.8.